The van der Waals surface area contributed by atoms with Gasteiger partial charge in [-0.05, 0) is 24.3 Å². The number of carbonyl (C=O) groups is 1. The van der Waals surface area contributed by atoms with Crippen LogP contribution in [-0.4, -0.2) is 45.0 Å². The van der Waals surface area contributed by atoms with Crippen molar-refractivity contribution in [2.45, 2.75) is 18.9 Å². The quantitative estimate of drug-likeness (QED) is 0.536. The lowest BCUT2D eigenvalue weighted by atomic mass is 10.1. The molecule has 0 unspecified atom stereocenters. The number of pyridine rings is 1. The number of ether oxygens (including phenoxy) is 1. The highest BCUT2D eigenvalue weighted by Crippen LogP contribution is 2.21. The highest BCUT2D eigenvalue weighted by Gasteiger charge is 2.26. The molecule has 1 amide bonds. The molecule has 29 heavy (non-hydrogen) atoms. The molecule has 5 rings (SSSR count). The molecule has 0 spiro atoms. The summed E-state index contributed by atoms with van der Waals surface area (Å²) in [6, 6.07) is 19.3. The first-order valence-corrected chi connectivity index (χ1v) is 9.80. The lowest BCUT2D eigenvalue weighted by Gasteiger charge is -2.31. The smallest absolute Gasteiger partial charge is 0.272 e. The minimum Gasteiger partial charge on any atom is -0.473 e. The third-order valence-corrected chi connectivity index (χ3v) is 5.26. The van der Waals surface area contributed by atoms with E-state index in [-0.39, 0.29) is 12.0 Å². The van der Waals surface area contributed by atoms with E-state index in [1.54, 1.807) is 12.3 Å². The predicted molar refractivity (Wildman–Crippen MR) is 111 cm³/mol. The van der Waals surface area contributed by atoms with E-state index in [0.717, 1.165) is 34.8 Å². The topological polar surface area (TPSA) is 68.2 Å². The fraction of sp³-hybridized carbons (Fsp3) is 0.217. The van der Waals surface area contributed by atoms with Crippen LogP contribution >= 0.6 is 0 Å². The zero-order valence-corrected chi connectivity index (χ0v) is 15.9. The summed E-state index contributed by atoms with van der Waals surface area (Å²) in [7, 11) is 0. The summed E-state index contributed by atoms with van der Waals surface area (Å²) in [5.41, 5.74) is 3.00. The molecule has 2 aromatic heterocycles. The molecule has 0 radical (unpaired) electrons. The van der Waals surface area contributed by atoms with Crippen LogP contribution in [0.1, 0.15) is 23.3 Å². The number of para-hydroxylation sites is 3. The van der Waals surface area contributed by atoms with Gasteiger partial charge in [-0.15, -0.1) is 0 Å². The third-order valence-electron chi connectivity index (χ3n) is 5.26. The van der Waals surface area contributed by atoms with Crippen LogP contribution in [0.3, 0.4) is 0 Å². The Morgan fingerprint density at radius 2 is 1.59 bits per heavy atom. The van der Waals surface area contributed by atoms with Crippen LogP contribution in [0, 0.1) is 0 Å². The van der Waals surface area contributed by atoms with Crippen molar-refractivity contribution in [1.82, 2.24) is 19.9 Å². The van der Waals surface area contributed by atoms with Crippen LogP contribution < -0.4 is 4.74 Å². The fourth-order valence-corrected chi connectivity index (χ4v) is 3.69. The zero-order chi connectivity index (χ0) is 19.6. The highest BCUT2D eigenvalue weighted by molar-refractivity contribution is 5.95. The summed E-state index contributed by atoms with van der Waals surface area (Å²) in [4.78, 5) is 28.1. The van der Waals surface area contributed by atoms with Crippen LogP contribution in [0.4, 0.5) is 0 Å². The van der Waals surface area contributed by atoms with E-state index >= 15 is 0 Å². The molecule has 0 N–H and O–H groups in total. The first-order chi connectivity index (χ1) is 14.3. The zero-order valence-electron chi connectivity index (χ0n) is 15.9. The predicted octanol–water partition coefficient (Wildman–Crippen LogP) is 3.86. The number of likely N-dealkylation sites (tertiary alicyclic amines) is 1. The lowest BCUT2D eigenvalue weighted by molar-refractivity contribution is 0.0583. The van der Waals surface area contributed by atoms with Crippen molar-refractivity contribution >= 4 is 27.8 Å². The summed E-state index contributed by atoms with van der Waals surface area (Å²) in [6.07, 6.45) is 3.21. The van der Waals surface area contributed by atoms with E-state index in [1.807, 2.05) is 59.5 Å². The summed E-state index contributed by atoms with van der Waals surface area (Å²) in [6.45, 7) is 1.28. The second-order valence-electron chi connectivity index (χ2n) is 7.20. The van der Waals surface area contributed by atoms with Crippen LogP contribution in [0.2, 0.25) is 0 Å². The second-order valence-corrected chi connectivity index (χ2v) is 7.20. The average Bonchev–Trinajstić information content (AvgIpc) is 2.79. The number of rotatable bonds is 3. The van der Waals surface area contributed by atoms with Crippen LogP contribution in [0.5, 0.6) is 5.88 Å². The van der Waals surface area contributed by atoms with E-state index < -0.39 is 0 Å². The van der Waals surface area contributed by atoms with Crippen LogP contribution in [0.25, 0.3) is 21.9 Å². The van der Waals surface area contributed by atoms with E-state index in [0.29, 0.717) is 24.7 Å². The molecular formula is C23H20N4O2. The number of fused-ring (bicyclic) bond motifs is 2. The van der Waals surface area contributed by atoms with Gasteiger partial charge in [-0.2, -0.15) is 0 Å². The Labute approximate surface area is 168 Å². The maximum atomic E-state index is 12.9. The van der Waals surface area contributed by atoms with Crippen LogP contribution in [0.15, 0.2) is 66.9 Å². The molecule has 1 saturated heterocycles. The Morgan fingerprint density at radius 1 is 0.862 bits per heavy atom. The summed E-state index contributed by atoms with van der Waals surface area (Å²) in [5, 5.41) is 1.03. The summed E-state index contributed by atoms with van der Waals surface area (Å²) >= 11 is 0. The van der Waals surface area contributed by atoms with Gasteiger partial charge >= 0.3 is 0 Å². The number of carbonyl (C=O) groups excluding carboxylic acids is 1. The number of hydrogen-bond acceptors (Lipinski definition) is 5. The maximum absolute atomic E-state index is 12.9. The molecule has 144 valence electrons. The lowest BCUT2D eigenvalue weighted by Crippen LogP contribution is -2.42. The van der Waals surface area contributed by atoms with Gasteiger partial charge in [-0.3, -0.25) is 4.79 Å². The molecule has 0 aliphatic carbocycles. The number of piperidine rings is 1. The van der Waals surface area contributed by atoms with Gasteiger partial charge in [-0.1, -0.05) is 36.4 Å². The molecule has 1 aliphatic rings. The Balaban J connectivity index is 1.23. The fourth-order valence-electron chi connectivity index (χ4n) is 3.69. The monoisotopic (exact) mass is 384 g/mol. The van der Waals surface area contributed by atoms with Crippen molar-refractivity contribution in [3.05, 3.63) is 72.6 Å². The van der Waals surface area contributed by atoms with Gasteiger partial charge in [-0.25, -0.2) is 15.0 Å². The van der Waals surface area contributed by atoms with Gasteiger partial charge in [0.1, 0.15) is 11.8 Å². The molecule has 4 aromatic rings. The minimum absolute atomic E-state index is 0.0269. The summed E-state index contributed by atoms with van der Waals surface area (Å²) in [5.74, 6) is 0.504. The van der Waals surface area contributed by atoms with Crippen molar-refractivity contribution in [1.29, 1.82) is 0 Å². The maximum Gasteiger partial charge on any atom is 0.272 e. The minimum atomic E-state index is -0.0281. The molecule has 6 nitrogen and oxygen atoms in total. The van der Waals surface area contributed by atoms with Gasteiger partial charge in [0.15, 0.2) is 0 Å². The van der Waals surface area contributed by atoms with E-state index in [2.05, 4.69) is 15.0 Å². The van der Waals surface area contributed by atoms with E-state index in [1.165, 1.54) is 0 Å². The summed E-state index contributed by atoms with van der Waals surface area (Å²) < 4.78 is 6.03. The number of benzene rings is 2. The first kappa shape index (κ1) is 17.6. The van der Waals surface area contributed by atoms with Crippen LogP contribution in [-0.2, 0) is 0 Å². The van der Waals surface area contributed by atoms with Gasteiger partial charge in [0.25, 0.3) is 5.91 Å². The molecule has 1 fully saturated rings. The molecule has 3 heterocycles. The second kappa shape index (κ2) is 7.47. The SMILES string of the molecule is O=C(c1ccc2ccccc2n1)N1CCC(Oc2cnc3ccccc3n2)CC1. The van der Waals surface area contributed by atoms with Gasteiger partial charge in [0, 0.05) is 31.3 Å². The van der Waals surface area contributed by atoms with Crippen molar-refractivity contribution < 1.29 is 9.53 Å². The van der Waals surface area contributed by atoms with E-state index in [4.69, 9.17) is 4.74 Å². The van der Waals surface area contributed by atoms with Gasteiger partial charge in [0.05, 0.1) is 22.7 Å². The van der Waals surface area contributed by atoms with Gasteiger partial charge < -0.3 is 9.64 Å². The Bertz CT molecular complexity index is 1190. The highest BCUT2D eigenvalue weighted by atomic mass is 16.5. The molecule has 6 heteroatoms. The molecular weight excluding hydrogens is 364 g/mol. The normalized spacial score (nSPS) is 15.0. The molecule has 1 aliphatic heterocycles. The van der Waals surface area contributed by atoms with E-state index in [9.17, 15) is 4.79 Å². The van der Waals surface area contributed by atoms with Gasteiger partial charge in [0.2, 0.25) is 5.88 Å². The molecule has 0 atom stereocenters. The number of amides is 1. The molecule has 0 bridgehead atoms. The largest absolute Gasteiger partial charge is 0.473 e. The molecule has 2 aromatic carbocycles. The Kier molecular flexibility index (Phi) is 4.52. The number of hydrogen-bond donors (Lipinski definition) is 0. The Morgan fingerprint density at radius 3 is 2.41 bits per heavy atom. The van der Waals surface area contributed by atoms with Crippen molar-refractivity contribution in [3.8, 4) is 5.88 Å². The standard InChI is InChI=1S/C23H20N4O2/c28-23(21-10-9-16-5-1-2-6-18(16)25-21)27-13-11-17(12-14-27)29-22-15-24-19-7-3-4-8-20(19)26-22/h1-10,15,17H,11-14H2. The molecule has 0 saturated carbocycles. The Hall–Kier alpha value is -3.54. The third kappa shape index (κ3) is 3.61. The van der Waals surface area contributed by atoms with Crippen molar-refractivity contribution in [3.63, 3.8) is 0 Å². The number of aromatic nitrogens is 3. The number of nitrogens with zero attached hydrogens (tertiary/aromatic N) is 4. The van der Waals surface area contributed by atoms with Crippen molar-refractivity contribution in [2.75, 3.05) is 13.1 Å². The van der Waals surface area contributed by atoms with Crippen molar-refractivity contribution in [2.24, 2.45) is 0 Å². The first-order valence-electron chi connectivity index (χ1n) is 9.80. The average molecular weight is 384 g/mol.